The molecule has 26 heavy (non-hydrogen) atoms. The fourth-order valence-corrected chi connectivity index (χ4v) is 4.67. The number of nitrogens with one attached hydrogen (secondary N) is 2. The van der Waals surface area contributed by atoms with Gasteiger partial charge < -0.3 is 10.6 Å². The van der Waals surface area contributed by atoms with Crippen LogP contribution in [0.3, 0.4) is 0 Å². The number of nitro groups is 1. The van der Waals surface area contributed by atoms with Crippen molar-refractivity contribution in [2.45, 2.75) is 32.2 Å². The van der Waals surface area contributed by atoms with Crippen LogP contribution in [0.15, 0.2) is 24.3 Å². The fraction of sp³-hybridized carbons (Fsp3) is 0.562. The van der Waals surface area contributed by atoms with Gasteiger partial charge in [0.05, 0.1) is 10.7 Å². The maximum absolute atomic E-state index is 12.3. The third-order valence-corrected chi connectivity index (χ3v) is 6.23. The van der Waals surface area contributed by atoms with E-state index in [0.717, 1.165) is 0 Å². The highest BCUT2D eigenvalue weighted by atomic mass is 32.2. The van der Waals surface area contributed by atoms with E-state index in [1.165, 1.54) is 16.4 Å². The van der Waals surface area contributed by atoms with Crippen LogP contribution in [0.2, 0.25) is 0 Å². The first-order chi connectivity index (χ1) is 12.3. The second-order valence-electron chi connectivity index (χ2n) is 6.11. The van der Waals surface area contributed by atoms with E-state index in [2.05, 4.69) is 10.6 Å². The summed E-state index contributed by atoms with van der Waals surface area (Å²) in [6.45, 7) is 2.94. The van der Waals surface area contributed by atoms with Crippen LogP contribution in [0.5, 0.6) is 0 Å². The maximum atomic E-state index is 12.3. The number of amides is 1. The Bertz CT molecular complexity index is 736. The SMILES string of the molecule is CCCS(=O)(=O)N1CCCC1C(=O)NCCNc1ccc([N+](=O)[O-])cc1. The van der Waals surface area contributed by atoms with E-state index in [0.29, 0.717) is 44.6 Å². The van der Waals surface area contributed by atoms with Crippen LogP contribution >= 0.6 is 0 Å². The number of carbonyl (C=O) groups is 1. The standard InChI is InChI=1S/C16H24N4O5S/c1-2-12-26(24,25)19-11-3-4-15(19)16(21)18-10-9-17-13-5-7-14(8-6-13)20(22)23/h5-8,15,17H,2-4,9-12H2,1H3,(H,18,21). The molecule has 0 spiro atoms. The second kappa shape index (κ2) is 8.95. The van der Waals surface area contributed by atoms with Gasteiger partial charge in [-0.1, -0.05) is 6.92 Å². The van der Waals surface area contributed by atoms with Crippen LogP contribution in [0.4, 0.5) is 11.4 Å². The summed E-state index contributed by atoms with van der Waals surface area (Å²) in [7, 11) is -3.39. The molecular formula is C16H24N4O5S. The van der Waals surface area contributed by atoms with Gasteiger partial charge in [0.25, 0.3) is 5.69 Å². The van der Waals surface area contributed by atoms with Crippen molar-refractivity contribution in [3.8, 4) is 0 Å². The van der Waals surface area contributed by atoms with Crippen LogP contribution in [0, 0.1) is 10.1 Å². The Labute approximate surface area is 153 Å². The highest BCUT2D eigenvalue weighted by Crippen LogP contribution is 2.22. The lowest BCUT2D eigenvalue weighted by Crippen LogP contribution is -2.47. The summed E-state index contributed by atoms with van der Waals surface area (Å²) >= 11 is 0. The summed E-state index contributed by atoms with van der Waals surface area (Å²) < 4.78 is 25.8. The maximum Gasteiger partial charge on any atom is 0.269 e. The van der Waals surface area contributed by atoms with Crippen LogP contribution in [-0.2, 0) is 14.8 Å². The lowest BCUT2D eigenvalue weighted by molar-refractivity contribution is -0.384. The van der Waals surface area contributed by atoms with Crippen LogP contribution in [0.25, 0.3) is 0 Å². The molecule has 1 aliphatic rings. The lowest BCUT2D eigenvalue weighted by atomic mass is 10.2. The zero-order valence-corrected chi connectivity index (χ0v) is 15.5. The molecule has 0 aliphatic carbocycles. The van der Waals surface area contributed by atoms with Crippen LogP contribution < -0.4 is 10.6 Å². The molecule has 1 aliphatic heterocycles. The third kappa shape index (κ3) is 5.15. The fourth-order valence-electron chi connectivity index (χ4n) is 2.92. The Hall–Kier alpha value is -2.20. The zero-order valence-electron chi connectivity index (χ0n) is 14.7. The van der Waals surface area contributed by atoms with Gasteiger partial charge in [0, 0.05) is 37.5 Å². The zero-order chi connectivity index (χ0) is 19.2. The highest BCUT2D eigenvalue weighted by Gasteiger charge is 2.37. The molecule has 2 N–H and O–H groups in total. The molecular weight excluding hydrogens is 360 g/mol. The number of non-ortho nitro benzene ring substituents is 1. The monoisotopic (exact) mass is 384 g/mol. The van der Waals surface area contributed by atoms with Crippen LogP contribution in [-0.4, -0.2) is 55.0 Å². The minimum absolute atomic E-state index is 0.0125. The molecule has 2 rings (SSSR count). The number of hydrogen-bond donors (Lipinski definition) is 2. The number of benzene rings is 1. The van der Waals surface area contributed by atoms with Crippen molar-refractivity contribution in [1.29, 1.82) is 0 Å². The van der Waals surface area contributed by atoms with E-state index in [9.17, 15) is 23.3 Å². The molecule has 1 unspecified atom stereocenters. The lowest BCUT2D eigenvalue weighted by Gasteiger charge is -2.23. The Balaban J connectivity index is 1.80. The molecule has 1 atom stereocenters. The molecule has 9 nitrogen and oxygen atoms in total. The van der Waals surface area contributed by atoms with Gasteiger partial charge in [-0.3, -0.25) is 14.9 Å². The molecule has 0 saturated carbocycles. The predicted molar refractivity (Wildman–Crippen MR) is 98.4 cm³/mol. The van der Waals surface area contributed by atoms with Crippen molar-refractivity contribution in [2.75, 3.05) is 30.7 Å². The van der Waals surface area contributed by atoms with Gasteiger partial charge in [0.2, 0.25) is 15.9 Å². The van der Waals surface area contributed by atoms with Crippen molar-refractivity contribution in [2.24, 2.45) is 0 Å². The smallest absolute Gasteiger partial charge is 0.269 e. The number of anilines is 1. The van der Waals surface area contributed by atoms with Gasteiger partial charge in [-0.2, -0.15) is 4.31 Å². The molecule has 1 heterocycles. The highest BCUT2D eigenvalue weighted by molar-refractivity contribution is 7.89. The number of sulfonamides is 1. The Morgan fingerprint density at radius 2 is 2.00 bits per heavy atom. The minimum Gasteiger partial charge on any atom is -0.383 e. The van der Waals surface area contributed by atoms with Gasteiger partial charge >= 0.3 is 0 Å². The summed E-state index contributed by atoms with van der Waals surface area (Å²) in [4.78, 5) is 22.5. The number of carbonyl (C=O) groups excluding carboxylic acids is 1. The predicted octanol–water partition coefficient (Wildman–Crippen LogP) is 1.33. The summed E-state index contributed by atoms with van der Waals surface area (Å²) in [6, 6.07) is 5.35. The molecule has 144 valence electrons. The molecule has 1 aromatic carbocycles. The molecule has 1 aromatic rings. The normalized spacial score (nSPS) is 17.8. The third-order valence-electron chi connectivity index (χ3n) is 4.16. The topological polar surface area (TPSA) is 122 Å². The summed E-state index contributed by atoms with van der Waals surface area (Å²) in [5.41, 5.74) is 0.719. The van der Waals surface area contributed by atoms with Crippen molar-refractivity contribution in [3.63, 3.8) is 0 Å². The van der Waals surface area contributed by atoms with Crippen LogP contribution in [0.1, 0.15) is 26.2 Å². The van der Waals surface area contributed by atoms with Gasteiger partial charge in [-0.15, -0.1) is 0 Å². The summed E-state index contributed by atoms with van der Waals surface area (Å²) in [5, 5.41) is 16.4. The number of rotatable bonds is 9. The first-order valence-corrected chi connectivity index (χ1v) is 10.2. The van der Waals surface area contributed by atoms with Gasteiger partial charge in [0.15, 0.2) is 0 Å². The molecule has 1 saturated heterocycles. The van der Waals surface area contributed by atoms with Crippen molar-refractivity contribution >= 4 is 27.3 Å². The van der Waals surface area contributed by atoms with Crippen molar-refractivity contribution in [1.82, 2.24) is 9.62 Å². The molecule has 10 heteroatoms. The largest absolute Gasteiger partial charge is 0.383 e. The van der Waals surface area contributed by atoms with E-state index < -0.39 is 21.0 Å². The Morgan fingerprint density at radius 3 is 2.62 bits per heavy atom. The second-order valence-corrected chi connectivity index (χ2v) is 8.15. The van der Waals surface area contributed by atoms with Gasteiger partial charge in [0.1, 0.15) is 6.04 Å². The number of hydrogen-bond acceptors (Lipinski definition) is 6. The first-order valence-electron chi connectivity index (χ1n) is 8.60. The first kappa shape index (κ1) is 20.1. The van der Waals surface area contributed by atoms with E-state index in [-0.39, 0.29) is 17.3 Å². The van der Waals surface area contributed by atoms with E-state index in [1.807, 2.05) is 0 Å². The molecule has 0 aromatic heterocycles. The van der Waals surface area contributed by atoms with E-state index in [1.54, 1.807) is 19.1 Å². The molecule has 0 radical (unpaired) electrons. The van der Waals surface area contributed by atoms with Gasteiger partial charge in [-0.05, 0) is 31.4 Å². The quantitative estimate of drug-likeness (QED) is 0.376. The Kier molecular flexibility index (Phi) is 6.92. The number of nitro benzene ring substituents is 1. The Morgan fingerprint density at radius 1 is 1.31 bits per heavy atom. The van der Waals surface area contributed by atoms with Crippen molar-refractivity contribution < 1.29 is 18.1 Å². The van der Waals surface area contributed by atoms with Gasteiger partial charge in [-0.25, -0.2) is 8.42 Å². The molecule has 1 fully saturated rings. The minimum atomic E-state index is -3.39. The molecule has 1 amide bonds. The summed E-state index contributed by atoms with van der Waals surface area (Å²) in [6.07, 6.45) is 1.74. The average molecular weight is 384 g/mol. The van der Waals surface area contributed by atoms with Crippen molar-refractivity contribution in [3.05, 3.63) is 34.4 Å². The van der Waals surface area contributed by atoms with E-state index >= 15 is 0 Å². The van der Waals surface area contributed by atoms with E-state index in [4.69, 9.17) is 0 Å². The average Bonchev–Trinajstić information content (AvgIpc) is 3.10. The molecule has 0 bridgehead atoms. The summed E-state index contributed by atoms with van der Waals surface area (Å²) in [5.74, 6) is -0.231. The number of nitrogens with zero attached hydrogens (tertiary/aromatic N) is 2.